The van der Waals surface area contributed by atoms with Crippen LogP contribution in [0, 0.1) is 0 Å². The van der Waals surface area contributed by atoms with Gasteiger partial charge in [0.1, 0.15) is 0 Å². The third-order valence-corrected chi connectivity index (χ3v) is 2.72. The molecular formula is C11H12N4O3. The zero-order valence-corrected chi connectivity index (χ0v) is 9.47. The summed E-state index contributed by atoms with van der Waals surface area (Å²) >= 11 is 0. The molecule has 0 spiro atoms. The van der Waals surface area contributed by atoms with Crippen molar-refractivity contribution >= 4 is 23.4 Å². The summed E-state index contributed by atoms with van der Waals surface area (Å²) in [4.78, 5) is 35.9. The van der Waals surface area contributed by atoms with E-state index in [0.29, 0.717) is 11.3 Å². The Morgan fingerprint density at radius 1 is 1.22 bits per heavy atom. The van der Waals surface area contributed by atoms with Crippen LogP contribution in [0.25, 0.3) is 0 Å². The maximum Gasteiger partial charge on any atom is 0.261 e. The fourth-order valence-electron chi connectivity index (χ4n) is 1.80. The lowest BCUT2D eigenvalue weighted by atomic mass is 10.1. The molecule has 94 valence electrons. The Labute approximate surface area is 103 Å². The molecule has 18 heavy (non-hydrogen) atoms. The van der Waals surface area contributed by atoms with Gasteiger partial charge in [0.05, 0.1) is 11.1 Å². The van der Waals surface area contributed by atoms with E-state index < -0.39 is 17.7 Å². The number of carbonyl (C=O) groups excluding carboxylic acids is 3. The van der Waals surface area contributed by atoms with Gasteiger partial charge in [0.2, 0.25) is 5.91 Å². The monoisotopic (exact) mass is 248 g/mol. The maximum atomic E-state index is 11.9. The summed E-state index contributed by atoms with van der Waals surface area (Å²) in [5.74, 6) is 3.63. The molecule has 7 nitrogen and oxygen atoms in total. The van der Waals surface area contributed by atoms with Crippen LogP contribution < -0.4 is 17.0 Å². The van der Waals surface area contributed by atoms with Gasteiger partial charge in [0, 0.05) is 18.7 Å². The predicted octanol–water partition coefficient (Wildman–Crippen LogP) is -0.755. The number of fused-ring (bicyclic) bond motifs is 1. The molecule has 0 radical (unpaired) electrons. The number of nitrogens with one attached hydrogen (secondary N) is 1. The van der Waals surface area contributed by atoms with Crippen molar-refractivity contribution in [1.29, 1.82) is 0 Å². The number of nitrogen functional groups attached to an aromatic ring is 1. The highest BCUT2D eigenvalue weighted by molar-refractivity contribution is 6.21. The second-order valence-corrected chi connectivity index (χ2v) is 3.88. The van der Waals surface area contributed by atoms with Gasteiger partial charge in [0.15, 0.2) is 0 Å². The molecule has 0 saturated heterocycles. The van der Waals surface area contributed by atoms with E-state index in [2.05, 4.69) is 0 Å². The molecule has 0 aromatic heterocycles. The number of amides is 3. The molecule has 0 unspecified atom stereocenters. The summed E-state index contributed by atoms with van der Waals surface area (Å²) in [5.41, 5.74) is 8.50. The van der Waals surface area contributed by atoms with E-state index >= 15 is 0 Å². The molecule has 0 aliphatic carbocycles. The summed E-state index contributed by atoms with van der Waals surface area (Å²) in [5, 5.41) is 0. The van der Waals surface area contributed by atoms with Crippen molar-refractivity contribution in [2.24, 2.45) is 5.84 Å². The highest BCUT2D eigenvalue weighted by atomic mass is 16.2. The van der Waals surface area contributed by atoms with E-state index in [1.165, 1.54) is 12.1 Å². The van der Waals surface area contributed by atoms with Gasteiger partial charge in [-0.2, -0.15) is 0 Å². The molecule has 0 bridgehead atoms. The van der Waals surface area contributed by atoms with E-state index in [4.69, 9.17) is 11.6 Å². The van der Waals surface area contributed by atoms with Gasteiger partial charge < -0.3 is 5.73 Å². The zero-order chi connectivity index (χ0) is 13.3. The quantitative estimate of drug-likeness (QED) is 0.214. The molecule has 1 aliphatic rings. The molecule has 3 amide bonds. The van der Waals surface area contributed by atoms with E-state index in [1.807, 2.05) is 5.43 Å². The van der Waals surface area contributed by atoms with Gasteiger partial charge in [-0.3, -0.25) is 24.7 Å². The average molecular weight is 248 g/mol. The van der Waals surface area contributed by atoms with Crippen molar-refractivity contribution in [3.63, 3.8) is 0 Å². The Kier molecular flexibility index (Phi) is 2.99. The fraction of sp³-hybridized carbons (Fsp3) is 0.182. The standard InChI is InChI=1S/C11H12N4O3/c12-6-1-2-7-8(5-6)11(18)15(10(7)17)4-3-9(16)14-13/h1-2,5H,3-4,12-13H2,(H,14,16). The lowest BCUT2D eigenvalue weighted by Gasteiger charge is -2.12. The number of hydrazine groups is 1. The lowest BCUT2D eigenvalue weighted by Crippen LogP contribution is -2.36. The fourth-order valence-corrected chi connectivity index (χ4v) is 1.80. The summed E-state index contributed by atoms with van der Waals surface area (Å²) in [6.07, 6.45) is -0.0303. The highest BCUT2D eigenvalue weighted by Crippen LogP contribution is 2.24. The van der Waals surface area contributed by atoms with Gasteiger partial charge >= 0.3 is 0 Å². The summed E-state index contributed by atoms with van der Waals surface area (Å²) < 4.78 is 0. The van der Waals surface area contributed by atoms with Crippen LogP contribution in [0.2, 0.25) is 0 Å². The molecule has 1 heterocycles. The molecule has 0 saturated carbocycles. The van der Waals surface area contributed by atoms with Crippen LogP contribution in [0.5, 0.6) is 0 Å². The van der Waals surface area contributed by atoms with E-state index in [0.717, 1.165) is 4.90 Å². The normalized spacial score (nSPS) is 13.7. The Hall–Kier alpha value is -2.41. The first-order valence-electron chi connectivity index (χ1n) is 5.29. The number of hydrogen-bond acceptors (Lipinski definition) is 5. The van der Waals surface area contributed by atoms with Gasteiger partial charge in [-0.05, 0) is 18.2 Å². The van der Waals surface area contributed by atoms with Crippen LogP contribution in [0.4, 0.5) is 5.69 Å². The second-order valence-electron chi connectivity index (χ2n) is 3.88. The number of imide groups is 1. The molecule has 1 aromatic rings. The topological polar surface area (TPSA) is 119 Å². The molecule has 5 N–H and O–H groups in total. The van der Waals surface area contributed by atoms with E-state index in [-0.39, 0.29) is 18.5 Å². The van der Waals surface area contributed by atoms with Crippen LogP contribution in [-0.2, 0) is 4.79 Å². The van der Waals surface area contributed by atoms with Crippen LogP contribution in [0.3, 0.4) is 0 Å². The third-order valence-electron chi connectivity index (χ3n) is 2.72. The van der Waals surface area contributed by atoms with Gasteiger partial charge in [-0.1, -0.05) is 0 Å². The number of nitrogens with zero attached hydrogens (tertiary/aromatic N) is 1. The lowest BCUT2D eigenvalue weighted by molar-refractivity contribution is -0.121. The van der Waals surface area contributed by atoms with Crippen molar-refractivity contribution < 1.29 is 14.4 Å². The Morgan fingerprint density at radius 3 is 2.56 bits per heavy atom. The molecule has 2 rings (SSSR count). The first-order chi connectivity index (χ1) is 8.54. The van der Waals surface area contributed by atoms with Crippen molar-refractivity contribution in [2.75, 3.05) is 12.3 Å². The SMILES string of the molecule is NNC(=O)CCN1C(=O)c2ccc(N)cc2C1=O. The smallest absolute Gasteiger partial charge is 0.261 e. The number of nitrogens with two attached hydrogens (primary N) is 2. The number of hydrogen-bond donors (Lipinski definition) is 3. The maximum absolute atomic E-state index is 11.9. The number of anilines is 1. The van der Waals surface area contributed by atoms with Gasteiger partial charge in [-0.15, -0.1) is 0 Å². The minimum absolute atomic E-state index is 0.00468. The molecular weight excluding hydrogens is 236 g/mol. The zero-order valence-electron chi connectivity index (χ0n) is 9.47. The third kappa shape index (κ3) is 1.91. The van der Waals surface area contributed by atoms with Crippen LogP contribution in [-0.4, -0.2) is 29.2 Å². The number of carbonyl (C=O) groups is 3. The molecule has 1 aromatic carbocycles. The molecule has 0 fully saturated rings. The summed E-state index contributed by atoms with van der Waals surface area (Å²) in [6.45, 7) is -0.00468. The molecule has 7 heteroatoms. The Morgan fingerprint density at radius 2 is 1.89 bits per heavy atom. The van der Waals surface area contributed by atoms with Crippen molar-refractivity contribution in [2.45, 2.75) is 6.42 Å². The molecule has 1 aliphatic heterocycles. The van der Waals surface area contributed by atoms with Crippen molar-refractivity contribution in [1.82, 2.24) is 10.3 Å². The van der Waals surface area contributed by atoms with E-state index in [9.17, 15) is 14.4 Å². The number of rotatable bonds is 3. The predicted molar refractivity (Wildman–Crippen MR) is 63.2 cm³/mol. The largest absolute Gasteiger partial charge is 0.399 e. The molecule has 0 atom stereocenters. The van der Waals surface area contributed by atoms with Gasteiger partial charge in [-0.25, -0.2) is 5.84 Å². The van der Waals surface area contributed by atoms with Gasteiger partial charge in [0.25, 0.3) is 11.8 Å². The Bertz CT molecular complexity index is 541. The van der Waals surface area contributed by atoms with Crippen LogP contribution in [0.15, 0.2) is 18.2 Å². The van der Waals surface area contributed by atoms with E-state index in [1.54, 1.807) is 6.07 Å². The summed E-state index contributed by atoms with van der Waals surface area (Å²) in [6, 6.07) is 4.52. The number of benzene rings is 1. The Balaban J connectivity index is 2.21. The second kappa shape index (κ2) is 4.46. The highest BCUT2D eigenvalue weighted by Gasteiger charge is 2.35. The minimum atomic E-state index is -0.439. The van der Waals surface area contributed by atoms with Crippen LogP contribution in [0.1, 0.15) is 27.1 Å². The average Bonchev–Trinajstić information content (AvgIpc) is 2.59. The first kappa shape index (κ1) is 12.1. The van der Waals surface area contributed by atoms with Crippen LogP contribution >= 0.6 is 0 Å². The van der Waals surface area contributed by atoms with Crippen molar-refractivity contribution in [3.05, 3.63) is 29.3 Å². The summed E-state index contributed by atoms with van der Waals surface area (Å²) in [7, 11) is 0. The minimum Gasteiger partial charge on any atom is -0.399 e. The van der Waals surface area contributed by atoms with Crippen molar-refractivity contribution in [3.8, 4) is 0 Å². The first-order valence-corrected chi connectivity index (χ1v) is 5.29.